The number of hydrogen-bond acceptors (Lipinski definition) is 4. The van der Waals surface area contributed by atoms with Crippen molar-refractivity contribution in [2.45, 2.75) is 10.8 Å². The highest BCUT2D eigenvalue weighted by Crippen LogP contribution is 2.32. The highest BCUT2D eigenvalue weighted by Gasteiger charge is 2.23. The molecule has 1 unspecified atom stereocenters. The van der Waals surface area contributed by atoms with Crippen LogP contribution in [0.2, 0.25) is 0 Å². The predicted octanol–water partition coefficient (Wildman–Crippen LogP) is 3.66. The molecule has 0 amide bonds. The normalized spacial score (nSPS) is 11.7. The van der Waals surface area contributed by atoms with Gasteiger partial charge in [0.2, 0.25) is 0 Å². The van der Waals surface area contributed by atoms with E-state index in [0.29, 0.717) is 17.1 Å². The molecule has 0 aromatic heterocycles. The Balaban J connectivity index is 2.17. The second-order valence-electron chi connectivity index (χ2n) is 4.62. The number of para-hydroxylation sites is 1. The standard InChI is InChI=1S/C17H18O4S/c1-20-12-6-5-7-13(10-12)22-11-15(17(18)19)14-8-3-4-9-16(14)21-2/h3-10,15H,11H2,1-2H3,(H,18,19). The third kappa shape index (κ3) is 3.95. The van der Waals surface area contributed by atoms with Crippen molar-refractivity contribution in [1.82, 2.24) is 0 Å². The van der Waals surface area contributed by atoms with E-state index in [0.717, 1.165) is 10.6 Å². The summed E-state index contributed by atoms with van der Waals surface area (Å²) in [4.78, 5) is 12.6. The first-order valence-electron chi connectivity index (χ1n) is 6.78. The summed E-state index contributed by atoms with van der Waals surface area (Å²) in [5.74, 6) is 0.283. The minimum Gasteiger partial charge on any atom is -0.497 e. The Bertz CT molecular complexity index is 642. The fourth-order valence-corrected chi connectivity index (χ4v) is 3.17. The van der Waals surface area contributed by atoms with Crippen molar-refractivity contribution in [3.63, 3.8) is 0 Å². The van der Waals surface area contributed by atoms with Gasteiger partial charge in [-0.3, -0.25) is 4.79 Å². The van der Waals surface area contributed by atoms with E-state index >= 15 is 0 Å². The number of rotatable bonds is 7. The van der Waals surface area contributed by atoms with Gasteiger partial charge in [0.25, 0.3) is 0 Å². The third-order valence-electron chi connectivity index (χ3n) is 3.27. The molecule has 0 radical (unpaired) electrons. The molecular formula is C17H18O4S. The van der Waals surface area contributed by atoms with Crippen molar-refractivity contribution >= 4 is 17.7 Å². The van der Waals surface area contributed by atoms with Gasteiger partial charge in [-0.1, -0.05) is 24.3 Å². The van der Waals surface area contributed by atoms with Crippen LogP contribution in [0.1, 0.15) is 11.5 Å². The smallest absolute Gasteiger partial charge is 0.311 e. The second kappa shape index (κ2) is 7.75. The van der Waals surface area contributed by atoms with E-state index in [1.165, 1.54) is 11.8 Å². The van der Waals surface area contributed by atoms with Gasteiger partial charge in [0.1, 0.15) is 11.5 Å². The Morgan fingerprint density at radius 2 is 1.91 bits per heavy atom. The summed E-state index contributed by atoms with van der Waals surface area (Å²) in [7, 11) is 3.16. The van der Waals surface area contributed by atoms with Crippen molar-refractivity contribution in [1.29, 1.82) is 0 Å². The van der Waals surface area contributed by atoms with E-state index in [2.05, 4.69) is 0 Å². The maximum absolute atomic E-state index is 11.6. The van der Waals surface area contributed by atoms with Gasteiger partial charge < -0.3 is 14.6 Å². The van der Waals surface area contributed by atoms with Crippen LogP contribution in [0.5, 0.6) is 11.5 Å². The Hall–Kier alpha value is -2.14. The highest BCUT2D eigenvalue weighted by molar-refractivity contribution is 7.99. The fourth-order valence-electron chi connectivity index (χ4n) is 2.12. The zero-order chi connectivity index (χ0) is 15.9. The number of hydrogen-bond donors (Lipinski definition) is 1. The number of ether oxygens (including phenoxy) is 2. The first-order valence-corrected chi connectivity index (χ1v) is 7.77. The van der Waals surface area contributed by atoms with Crippen LogP contribution in [0.25, 0.3) is 0 Å². The summed E-state index contributed by atoms with van der Waals surface area (Å²) in [6.07, 6.45) is 0. The quantitative estimate of drug-likeness (QED) is 0.790. The van der Waals surface area contributed by atoms with Crippen molar-refractivity contribution in [2.75, 3.05) is 20.0 Å². The molecular weight excluding hydrogens is 300 g/mol. The van der Waals surface area contributed by atoms with Gasteiger partial charge >= 0.3 is 5.97 Å². The van der Waals surface area contributed by atoms with Crippen molar-refractivity contribution < 1.29 is 19.4 Å². The number of carbonyl (C=O) groups is 1. The molecule has 2 rings (SSSR count). The molecule has 0 aliphatic heterocycles. The molecule has 1 N–H and O–H groups in total. The van der Waals surface area contributed by atoms with Gasteiger partial charge in [0.05, 0.1) is 20.1 Å². The lowest BCUT2D eigenvalue weighted by Crippen LogP contribution is -2.15. The Kier molecular flexibility index (Phi) is 5.72. The summed E-state index contributed by atoms with van der Waals surface area (Å²) < 4.78 is 10.5. The summed E-state index contributed by atoms with van der Waals surface area (Å²) in [5.41, 5.74) is 0.688. The minimum atomic E-state index is -0.861. The van der Waals surface area contributed by atoms with E-state index in [1.807, 2.05) is 36.4 Å². The van der Waals surface area contributed by atoms with Crippen LogP contribution < -0.4 is 9.47 Å². The summed E-state index contributed by atoms with van der Waals surface area (Å²) in [5, 5.41) is 9.53. The van der Waals surface area contributed by atoms with E-state index in [1.54, 1.807) is 26.4 Å². The maximum Gasteiger partial charge on any atom is 0.311 e. The third-order valence-corrected chi connectivity index (χ3v) is 4.36. The molecule has 0 bridgehead atoms. The van der Waals surface area contributed by atoms with Gasteiger partial charge in [-0.2, -0.15) is 0 Å². The molecule has 0 aliphatic rings. The zero-order valence-corrected chi connectivity index (χ0v) is 13.3. The zero-order valence-electron chi connectivity index (χ0n) is 12.5. The molecule has 0 fully saturated rings. The van der Waals surface area contributed by atoms with Crippen molar-refractivity contribution in [3.8, 4) is 11.5 Å². The monoisotopic (exact) mass is 318 g/mol. The molecule has 4 nitrogen and oxygen atoms in total. The Morgan fingerprint density at radius 3 is 2.59 bits per heavy atom. The van der Waals surface area contributed by atoms with Crippen molar-refractivity contribution in [3.05, 3.63) is 54.1 Å². The Labute approximate surface area is 134 Å². The van der Waals surface area contributed by atoms with Crippen LogP contribution in [-0.4, -0.2) is 31.0 Å². The maximum atomic E-state index is 11.6. The molecule has 0 saturated carbocycles. The second-order valence-corrected chi connectivity index (χ2v) is 5.72. The first kappa shape index (κ1) is 16.2. The van der Waals surface area contributed by atoms with Gasteiger partial charge in [0.15, 0.2) is 0 Å². The lowest BCUT2D eigenvalue weighted by Gasteiger charge is -2.16. The largest absolute Gasteiger partial charge is 0.497 e. The molecule has 2 aromatic rings. The van der Waals surface area contributed by atoms with Gasteiger partial charge in [-0.15, -0.1) is 11.8 Å². The van der Waals surface area contributed by atoms with Gasteiger partial charge in [-0.05, 0) is 24.3 Å². The number of carboxylic acids is 1. The lowest BCUT2D eigenvalue weighted by molar-refractivity contribution is -0.138. The van der Waals surface area contributed by atoms with Gasteiger partial charge in [-0.25, -0.2) is 0 Å². The molecule has 0 heterocycles. The minimum absolute atomic E-state index is 0.420. The average molecular weight is 318 g/mol. The van der Waals surface area contributed by atoms with Crippen LogP contribution in [0.15, 0.2) is 53.4 Å². The average Bonchev–Trinajstić information content (AvgIpc) is 2.55. The molecule has 2 aromatic carbocycles. The van der Waals surface area contributed by atoms with Crippen LogP contribution in [-0.2, 0) is 4.79 Å². The summed E-state index contributed by atoms with van der Waals surface area (Å²) in [6.45, 7) is 0. The number of methoxy groups -OCH3 is 2. The summed E-state index contributed by atoms with van der Waals surface area (Å²) >= 11 is 1.48. The Morgan fingerprint density at radius 1 is 1.14 bits per heavy atom. The van der Waals surface area contributed by atoms with Crippen LogP contribution >= 0.6 is 11.8 Å². The van der Waals surface area contributed by atoms with E-state index in [-0.39, 0.29) is 0 Å². The number of thioether (sulfide) groups is 1. The molecule has 0 aliphatic carbocycles. The highest BCUT2D eigenvalue weighted by atomic mass is 32.2. The first-order chi connectivity index (χ1) is 10.7. The molecule has 5 heteroatoms. The van der Waals surface area contributed by atoms with Crippen LogP contribution in [0.4, 0.5) is 0 Å². The molecule has 0 spiro atoms. The topological polar surface area (TPSA) is 55.8 Å². The lowest BCUT2D eigenvalue weighted by atomic mass is 10.0. The van der Waals surface area contributed by atoms with Crippen LogP contribution in [0.3, 0.4) is 0 Å². The fraction of sp³-hybridized carbons (Fsp3) is 0.235. The predicted molar refractivity (Wildman–Crippen MR) is 87.1 cm³/mol. The molecule has 116 valence electrons. The number of aliphatic carboxylic acids is 1. The van der Waals surface area contributed by atoms with Crippen molar-refractivity contribution in [2.24, 2.45) is 0 Å². The summed E-state index contributed by atoms with van der Waals surface area (Å²) in [6, 6.07) is 14.8. The van der Waals surface area contributed by atoms with E-state index < -0.39 is 11.9 Å². The SMILES string of the molecule is COc1cccc(SCC(C(=O)O)c2ccccc2OC)c1. The molecule has 22 heavy (non-hydrogen) atoms. The van der Waals surface area contributed by atoms with Gasteiger partial charge in [0, 0.05) is 16.2 Å². The van der Waals surface area contributed by atoms with Crippen LogP contribution in [0, 0.1) is 0 Å². The molecule has 1 atom stereocenters. The number of benzene rings is 2. The number of carboxylic acid groups (broad SMARTS) is 1. The van der Waals surface area contributed by atoms with E-state index in [4.69, 9.17) is 9.47 Å². The molecule has 0 saturated heterocycles. The van der Waals surface area contributed by atoms with E-state index in [9.17, 15) is 9.90 Å².